The number of rotatable bonds is 5. The molecule has 1 aromatic rings. The van der Waals surface area contributed by atoms with Crippen LogP contribution in [0.5, 0.6) is 0 Å². The third-order valence-electron chi connectivity index (χ3n) is 2.33. The molecule has 0 aromatic heterocycles. The minimum Gasteiger partial charge on any atom is -0.384 e. The van der Waals surface area contributed by atoms with Crippen LogP contribution in [0.2, 0.25) is 0 Å². The molecule has 0 saturated carbocycles. The van der Waals surface area contributed by atoms with Gasteiger partial charge in [0, 0.05) is 20.1 Å². The fourth-order valence-electron chi connectivity index (χ4n) is 1.43. The summed E-state index contributed by atoms with van der Waals surface area (Å²) < 4.78 is 42.6. The molecule has 0 aliphatic rings. The number of carbonyl (C=O) groups excluding carboxylic acids is 1. The molecule has 0 atom stereocenters. The number of methoxy groups -OCH3 is 1. The van der Waals surface area contributed by atoms with E-state index < -0.39 is 11.7 Å². The largest absolute Gasteiger partial charge is 0.416 e. The fraction of sp³-hybridized carbons (Fsp3) is 0.417. The SMILES string of the molecule is COCCC(=O)NCc1ccccc1C(F)(F)F. The third kappa shape index (κ3) is 4.37. The molecule has 100 valence electrons. The van der Waals surface area contributed by atoms with E-state index in [0.717, 1.165) is 6.07 Å². The zero-order valence-corrected chi connectivity index (χ0v) is 9.88. The van der Waals surface area contributed by atoms with Crippen molar-refractivity contribution in [2.24, 2.45) is 0 Å². The van der Waals surface area contributed by atoms with Crippen LogP contribution in [-0.2, 0) is 22.3 Å². The number of hydrogen-bond acceptors (Lipinski definition) is 2. The Morgan fingerprint density at radius 2 is 2.00 bits per heavy atom. The number of hydrogen-bond donors (Lipinski definition) is 1. The van der Waals surface area contributed by atoms with Gasteiger partial charge in [-0.3, -0.25) is 4.79 Å². The van der Waals surface area contributed by atoms with Crippen LogP contribution in [0.1, 0.15) is 17.5 Å². The van der Waals surface area contributed by atoms with Gasteiger partial charge in [-0.05, 0) is 11.6 Å². The lowest BCUT2D eigenvalue weighted by Crippen LogP contribution is -2.25. The highest BCUT2D eigenvalue weighted by molar-refractivity contribution is 5.76. The van der Waals surface area contributed by atoms with Crippen LogP contribution in [0, 0.1) is 0 Å². The van der Waals surface area contributed by atoms with Gasteiger partial charge in [-0.2, -0.15) is 13.2 Å². The van der Waals surface area contributed by atoms with E-state index in [0.29, 0.717) is 0 Å². The highest BCUT2D eigenvalue weighted by atomic mass is 19.4. The molecule has 1 rings (SSSR count). The van der Waals surface area contributed by atoms with Crippen LogP contribution in [-0.4, -0.2) is 19.6 Å². The van der Waals surface area contributed by atoms with Gasteiger partial charge >= 0.3 is 6.18 Å². The summed E-state index contributed by atoms with van der Waals surface area (Å²) in [7, 11) is 1.45. The predicted molar refractivity (Wildman–Crippen MR) is 59.8 cm³/mol. The Morgan fingerprint density at radius 3 is 2.61 bits per heavy atom. The van der Waals surface area contributed by atoms with Crippen molar-refractivity contribution in [2.45, 2.75) is 19.1 Å². The van der Waals surface area contributed by atoms with Crippen LogP contribution in [0.4, 0.5) is 13.2 Å². The number of nitrogens with one attached hydrogen (secondary N) is 1. The monoisotopic (exact) mass is 261 g/mol. The van der Waals surface area contributed by atoms with Crippen LogP contribution in [0.25, 0.3) is 0 Å². The zero-order chi connectivity index (χ0) is 13.6. The van der Waals surface area contributed by atoms with E-state index in [1.165, 1.54) is 25.3 Å². The molecule has 0 heterocycles. The summed E-state index contributed by atoms with van der Waals surface area (Å²) in [5.74, 6) is -0.339. The van der Waals surface area contributed by atoms with Crippen molar-refractivity contribution in [3.8, 4) is 0 Å². The molecule has 6 heteroatoms. The topological polar surface area (TPSA) is 38.3 Å². The molecule has 0 saturated heterocycles. The summed E-state index contributed by atoms with van der Waals surface area (Å²) in [6.07, 6.45) is -4.28. The first-order valence-corrected chi connectivity index (χ1v) is 5.36. The minimum absolute atomic E-state index is 0.0516. The van der Waals surface area contributed by atoms with E-state index in [9.17, 15) is 18.0 Å². The van der Waals surface area contributed by atoms with E-state index in [-0.39, 0.29) is 31.0 Å². The van der Waals surface area contributed by atoms with Gasteiger partial charge in [0.2, 0.25) is 5.91 Å². The maximum Gasteiger partial charge on any atom is 0.416 e. The molecular weight excluding hydrogens is 247 g/mol. The Morgan fingerprint density at radius 1 is 1.33 bits per heavy atom. The summed E-state index contributed by atoms with van der Waals surface area (Å²) in [5, 5.41) is 2.43. The number of alkyl halides is 3. The van der Waals surface area contributed by atoms with Gasteiger partial charge in [-0.25, -0.2) is 0 Å². The second kappa shape index (κ2) is 6.39. The Bertz CT molecular complexity index is 405. The molecular formula is C12H14F3NO2. The molecule has 0 aliphatic carbocycles. The zero-order valence-electron chi connectivity index (χ0n) is 9.88. The van der Waals surface area contributed by atoms with Gasteiger partial charge in [0.15, 0.2) is 0 Å². The summed E-state index contributed by atoms with van der Waals surface area (Å²) in [6, 6.07) is 5.17. The smallest absolute Gasteiger partial charge is 0.384 e. The number of halogens is 3. The average Bonchev–Trinajstić information content (AvgIpc) is 2.33. The van der Waals surface area contributed by atoms with Crippen LogP contribution < -0.4 is 5.32 Å². The van der Waals surface area contributed by atoms with Gasteiger partial charge in [0.1, 0.15) is 0 Å². The standard InChI is InChI=1S/C12H14F3NO2/c1-18-7-6-11(17)16-8-9-4-2-3-5-10(9)12(13,14)15/h2-5H,6-8H2,1H3,(H,16,17). The fourth-order valence-corrected chi connectivity index (χ4v) is 1.43. The molecule has 0 radical (unpaired) electrons. The lowest BCUT2D eigenvalue weighted by molar-refractivity contribution is -0.138. The van der Waals surface area contributed by atoms with Crippen molar-refractivity contribution in [3.05, 3.63) is 35.4 Å². The Hall–Kier alpha value is -1.56. The van der Waals surface area contributed by atoms with Crippen molar-refractivity contribution in [1.29, 1.82) is 0 Å². The van der Waals surface area contributed by atoms with Gasteiger partial charge in [-0.15, -0.1) is 0 Å². The summed E-state index contributed by atoms with van der Waals surface area (Å²) in [6.45, 7) is 0.102. The number of benzene rings is 1. The molecule has 0 aliphatic heterocycles. The van der Waals surface area contributed by atoms with E-state index in [1.54, 1.807) is 0 Å². The molecule has 18 heavy (non-hydrogen) atoms. The Kier molecular flexibility index (Phi) is 5.15. The molecule has 0 bridgehead atoms. The van der Waals surface area contributed by atoms with Crippen molar-refractivity contribution in [2.75, 3.05) is 13.7 Å². The second-order valence-electron chi connectivity index (χ2n) is 3.67. The highest BCUT2D eigenvalue weighted by Gasteiger charge is 2.32. The lowest BCUT2D eigenvalue weighted by atomic mass is 10.1. The highest BCUT2D eigenvalue weighted by Crippen LogP contribution is 2.31. The Labute approximate surface area is 103 Å². The van der Waals surface area contributed by atoms with Crippen LogP contribution in [0.3, 0.4) is 0 Å². The first kappa shape index (κ1) is 14.5. The maximum absolute atomic E-state index is 12.6. The number of carbonyl (C=O) groups is 1. The van der Waals surface area contributed by atoms with Crippen molar-refractivity contribution in [1.82, 2.24) is 5.32 Å². The van der Waals surface area contributed by atoms with Crippen LogP contribution in [0.15, 0.2) is 24.3 Å². The normalized spacial score (nSPS) is 11.3. The summed E-state index contributed by atoms with van der Waals surface area (Å²) >= 11 is 0. The average molecular weight is 261 g/mol. The van der Waals surface area contributed by atoms with Crippen molar-refractivity contribution < 1.29 is 22.7 Å². The Balaban J connectivity index is 2.65. The third-order valence-corrected chi connectivity index (χ3v) is 2.33. The van der Waals surface area contributed by atoms with Gasteiger partial charge in [0.05, 0.1) is 12.2 Å². The molecule has 0 unspecified atom stereocenters. The van der Waals surface area contributed by atoms with Gasteiger partial charge < -0.3 is 10.1 Å². The first-order valence-electron chi connectivity index (χ1n) is 5.36. The lowest BCUT2D eigenvalue weighted by Gasteiger charge is -2.13. The number of amides is 1. The van der Waals surface area contributed by atoms with Gasteiger partial charge in [0.25, 0.3) is 0 Å². The maximum atomic E-state index is 12.6. The molecule has 1 amide bonds. The molecule has 0 spiro atoms. The molecule has 1 aromatic carbocycles. The number of ether oxygens (including phenoxy) is 1. The quantitative estimate of drug-likeness (QED) is 0.883. The van der Waals surface area contributed by atoms with E-state index >= 15 is 0 Å². The van der Waals surface area contributed by atoms with Crippen molar-refractivity contribution >= 4 is 5.91 Å². The van der Waals surface area contributed by atoms with E-state index in [1.807, 2.05) is 0 Å². The first-order chi connectivity index (χ1) is 8.45. The summed E-state index contributed by atoms with van der Waals surface area (Å²) in [5.41, 5.74) is -0.673. The van der Waals surface area contributed by atoms with Gasteiger partial charge in [-0.1, -0.05) is 18.2 Å². The molecule has 0 fully saturated rings. The van der Waals surface area contributed by atoms with Crippen molar-refractivity contribution in [3.63, 3.8) is 0 Å². The van der Waals surface area contributed by atoms with E-state index in [2.05, 4.69) is 5.32 Å². The summed E-state index contributed by atoms with van der Waals surface area (Å²) in [4.78, 5) is 11.3. The molecule has 3 nitrogen and oxygen atoms in total. The van der Waals surface area contributed by atoms with E-state index in [4.69, 9.17) is 4.74 Å². The van der Waals surface area contributed by atoms with Crippen LogP contribution >= 0.6 is 0 Å². The predicted octanol–water partition coefficient (Wildman–Crippen LogP) is 2.36. The second-order valence-corrected chi connectivity index (χ2v) is 3.67. The molecule has 1 N–H and O–H groups in total. The minimum atomic E-state index is -4.41.